The van der Waals surface area contributed by atoms with E-state index in [1.54, 1.807) is 0 Å². The number of phosphoric acid groups is 2. The molecule has 0 aromatic heterocycles. The van der Waals surface area contributed by atoms with E-state index in [0.29, 0.717) is 0 Å². The van der Waals surface area contributed by atoms with Crippen molar-refractivity contribution in [2.45, 2.75) is 0 Å². The summed E-state index contributed by atoms with van der Waals surface area (Å²) in [6.45, 7) is 0. The predicted octanol–water partition coefficient (Wildman–Crippen LogP) is -1.86. The van der Waals surface area contributed by atoms with Gasteiger partial charge in [0, 0.05) is 16.5 Å². The van der Waals surface area contributed by atoms with Crippen LogP contribution in [-0.2, 0) is 25.6 Å². The van der Waals surface area contributed by atoms with Crippen molar-refractivity contribution in [2.24, 2.45) is 0 Å². The molecular weight excluding hydrogens is 249 g/mol. The van der Waals surface area contributed by atoms with Crippen molar-refractivity contribution < 1.29 is 55.0 Å². The van der Waals surface area contributed by atoms with E-state index in [0.717, 1.165) is 0 Å². The van der Waals surface area contributed by atoms with Gasteiger partial charge >= 0.3 is 15.6 Å². The zero-order valence-electron chi connectivity index (χ0n) is 4.71. The van der Waals surface area contributed by atoms with E-state index in [1.807, 2.05) is 0 Å². The summed E-state index contributed by atoms with van der Waals surface area (Å²) in [4.78, 5) is 43.1. The van der Waals surface area contributed by atoms with Crippen LogP contribution in [0.25, 0.3) is 0 Å². The second-order valence-electron chi connectivity index (χ2n) is 1.03. The van der Waals surface area contributed by atoms with Crippen LogP contribution in [0.1, 0.15) is 0 Å². The average molecular weight is 255 g/mol. The molecule has 0 aliphatic carbocycles. The van der Waals surface area contributed by atoms with Crippen molar-refractivity contribution in [3.8, 4) is 0 Å². The second-order valence-corrected chi connectivity index (χ2v) is 3.08. The molecule has 74 valence electrons. The monoisotopic (exact) mass is 254 g/mol. The van der Waals surface area contributed by atoms with E-state index in [1.165, 1.54) is 0 Å². The van der Waals surface area contributed by atoms with Crippen molar-refractivity contribution in [2.75, 3.05) is 0 Å². The van der Waals surface area contributed by atoms with Crippen LogP contribution in [0.15, 0.2) is 0 Å². The maximum atomic E-state index is 8.88. The summed E-state index contributed by atoms with van der Waals surface area (Å²) < 4.78 is 17.8. The minimum atomic E-state index is -4.64. The molecule has 0 rings (SSSR count). The van der Waals surface area contributed by atoms with Crippen molar-refractivity contribution in [1.82, 2.24) is 0 Å². The van der Waals surface area contributed by atoms with Crippen LogP contribution in [0.5, 0.6) is 0 Å². The molecule has 0 spiro atoms. The Bertz CT molecular complexity index is 124. The van der Waals surface area contributed by atoms with Gasteiger partial charge in [0.25, 0.3) is 0 Å². The fourth-order valence-corrected chi connectivity index (χ4v) is 0. The SMILES string of the molecule is O=P(O)(O)O.O=P(O)(O)O.[Ni]. The molecule has 0 amide bonds. The predicted molar refractivity (Wildman–Crippen MR) is 28.5 cm³/mol. The molecule has 0 unspecified atom stereocenters. The van der Waals surface area contributed by atoms with Gasteiger partial charge in [-0.05, 0) is 0 Å². The van der Waals surface area contributed by atoms with E-state index in [9.17, 15) is 0 Å². The maximum Gasteiger partial charge on any atom is 0.466 e. The van der Waals surface area contributed by atoms with Gasteiger partial charge in [0.15, 0.2) is 0 Å². The molecule has 0 aromatic rings. The Kier molecular flexibility index (Phi) is 10.1. The third-order valence-corrected chi connectivity index (χ3v) is 0. The van der Waals surface area contributed by atoms with Crippen LogP contribution in [0.4, 0.5) is 0 Å². The molecule has 0 atom stereocenters. The topological polar surface area (TPSA) is 156 Å². The summed E-state index contributed by atoms with van der Waals surface area (Å²) in [6.07, 6.45) is 0. The molecule has 0 fully saturated rings. The van der Waals surface area contributed by atoms with Crippen LogP contribution in [0.2, 0.25) is 0 Å². The zero-order chi connectivity index (χ0) is 9.00. The number of hydrogen-bond donors (Lipinski definition) is 6. The Balaban J connectivity index is -0.000000107. The maximum absolute atomic E-state index is 8.88. The summed E-state index contributed by atoms with van der Waals surface area (Å²) >= 11 is 0. The van der Waals surface area contributed by atoms with Gasteiger partial charge in [-0.3, -0.25) is 0 Å². The number of hydrogen-bond acceptors (Lipinski definition) is 2. The van der Waals surface area contributed by atoms with Gasteiger partial charge in [0.1, 0.15) is 0 Å². The molecule has 0 aliphatic rings. The van der Waals surface area contributed by atoms with Gasteiger partial charge in [0.2, 0.25) is 0 Å². The molecule has 0 heterocycles. The van der Waals surface area contributed by atoms with Gasteiger partial charge in [0.05, 0.1) is 0 Å². The Morgan fingerprint density at radius 1 is 0.636 bits per heavy atom. The molecule has 11 heavy (non-hydrogen) atoms. The molecule has 8 nitrogen and oxygen atoms in total. The van der Waals surface area contributed by atoms with Crippen LogP contribution in [0, 0.1) is 0 Å². The van der Waals surface area contributed by atoms with E-state index in [-0.39, 0.29) is 16.5 Å². The minimum absolute atomic E-state index is 0. The quantitative estimate of drug-likeness (QED) is 0.217. The molecular formula is H6NiO8P2. The summed E-state index contributed by atoms with van der Waals surface area (Å²) in [6, 6.07) is 0. The Hall–Kier alpha value is 0.714. The largest absolute Gasteiger partial charge is 0.466 e. The van der Waals surface area contributed by atoms with Gasteiger partial charge in [-0.25, -0.2) is 9.13 Å². The fraction of sp³-hybridized carbons (Fsp3) is 0. The molecule has 0 aromatic carbocycles. The number of rotatable bonds is 0. The molecule has 0 saturated heterocycles. The first-order chi connectivity index (χ1) is 4.00. The molecule has 0 bridgehead atoms. The molecule has 0 aliphatic heterocycles. The van der Waals surface area contributed by atoms with Crippen LogP contribution in [0.3, 0.4) is 0 Å². The van der Waals surface area contributed by atoms with Gasteiger partial charge < -0.3 is 29.4 Å². The first-order valence-electron chi connectivity index (χ1n) is 1.57. The van der Waals surface area contributed by atoms with Gasteiger partial charge in [-0.2, -0.15) is 0 Å². The van der Waals surface area contributed by atoms with Crippen LogP contribution < -0.4 is 0 Å². The standard InChI is InChI=1S/Ni.2H3O4P/c;2*1-5(2,3)4/h;2*(H3,1,2,3,4). The summed E-state index contributed by atoms with van der Waals surface area (Å²) in [5.74, 6) is 0. The summed E-state index contributed by atoms with van der Waals surface area (Å²) in [5.41, 5.74) is 0. The fourth-order valence-electron chi connectivity index (χ4n) is 0. The Morgan fingerprint density at radius 2 is 0.636 bits per heavy atom. The third-order valence-electron chi connectivity index (χ3n) is 0. The second kappa shape index (κ2) is 6.25. The summed E-state index contributed by atoms with van der Waals surface area (Å²) in [7, 11) is -9.28. The first-order valence-corrected chi connectivity index (χ1v) is 4.70. The van der Waals surface area contributed by atoms with E-state index < -0.39 is 15.6 Å². The van der Waals surface area contributed by atoms with Crippen molar-refractivity contribution in [3.05, 3.63) is 0 Å². The molecule has 6 N–H and O–H groups in total. The smallest absolute Gasteiger partial charge is 0.303 e. The van der Waals surface area contributed by atoms with E-state index in [4.69, 9.17) is 38.5 Å². The summed E-state index contributed by atoms with van der Waals surface area (Å²) in [5, 5.41) is 0. The van der Waals surface area contributed by atoms with E-state index >= 15 is 0 Å². The molecule has 0 saturated carbocycles. The first kappa shape index (κ1) is 17.7. The zero-order valence-corrected chi connectivity index (χ0v) is 7.49. The van der Waals surface area contributed by atoms with Crippen molar-refractivity contribution in [3.63, 3.8) is 0 Å². The Morgan fingerprint density at radius 3 is 0.636 bits per heavy atom. The molecule has 11 heteroatoms. The third kappa shape index (κ3) is 1600. The normalized spacial score (nSPS) is 10.7. The Labute approximate surface area is 71.3 Å². The van der Waals surface area contributed by atoms with Crippen LogP contribution >= 0.6 is 15.6 Å². The average Bonchev–Trinajstić information content (AvgIpc) is 1.12. The van der Waals surface area contributed by atoms with Gasteiger partial charge in [-0.1, -0.05) is 0 Å². The van der Waals surface area contributed by atoms with E-state index in [2.05, 4.69) is 0 Å². The van der Waals surface area contributed by atoms with Gasteiger partial charge in [-0.15, -0.1) is 0 Å². The van der Waals surface area contributed by atoms with Crippen molar-refractivity contribution in [1.29, 1.82) is 0 Å². The molecule has 0 radical (unpaired) electrons. The van der Waals surface area contributed by atoms with Crippen molar-refractivity contribution >= 4 is 15.6 Å². The van der Waals surface area contributed by atoms with Crippen LogP contribution in [-0.4, -0.2) is 29.4 Å². The minimum Gasteiger partial charge on any atom is -0.303 e.